The minimum absolute atomic E-state index is 0.176. The molecule has 0 fully saturated rings. The molecule has 5 nitrogen and oxygen atoms in total. The Labute approximate surface area is 134 Å². The Morgan fingerprint density at radius 1 is 1.18 bits per heavy atom. The minimum Gasteiger partial charge on any atom is -0.493 e. The number of rotatable bonds is 6. The Kier molecular flexibility index (Phi) is 5.61. The van der Waals surface area contributed by atoms with Crippen LogP contribution >= 0.6 is 11.6 Å². The van der Waals surface area contributed by atoms with Gasteiger partial charge >= 0.3 is 0 Å². The Morgan fingerprint density at radius 2 is 1.95 bits per heavy atom. The Morgan fingerprint density at radius 3 is 2.59 bits per heavy atom. The third kappa shape index (κ3) is 4.11. The maximum atomic E-state index is 11.9. The normalized spacial score (nSPS) is 10.1. The predicted molar refractivity (Wildman–Crippen MR) is 84.8 cm³/mol. The smallest absolute Gasteiger partial charge is 0.252 e. The maximum Gasteiger partial charge on any atom is 0.252 e. The van der Waals surface area contributed by atoms with Crippen molar-refractivity contribution in [3.63, 3.8) is 0 Å². The molecule has 0 bridgehead atoms. The number of ether oxygens (including phenoxy) is 2. The molecule has 0 aliphatic carbocycles. The lowest BCUT2D eigenvalue weighted by Crippen LogP contribution is -2.25. The van der Waals surface area contributed by atoms with Crippen molar-refractivity contribution in [1.29, 1.82) is 0 Å². The van der Waals surface area contributed by atoms with E-state index in [4.69, 9.17) is 21.1 Å². The van der Waals surface area contributed by atoms with Gasteiger partial charge in [-0.05, 0) is 36.2 Å². The van der Waals surface area contributed by atoms with Gasteiger partial charge in [0.25, 0.3) is 5.91 Å². The summed E-state index contributed by atoms with van der Waals surface area (Å²) in [5, 5.41) is 3.20. The zero-order chi connectivity index (χ0) is 15.9. The van der Waals surface area contributed by atoms with Gasteiger partial charge in [0.2, 0.25) is 0 Å². The predicted octanol–water partition coefficient (Wildman–Crippen LogP) is 2.72. The van der Waals surface area contributed by atoms with E-state index in [-0.39, 0.29) is 5.91 Å². The Balaban J connectivity index is 1.90. The molecule has 6 heteroatoms. The highest BCUT2D eigenvalue weighted by molar-refractivity contribution is 6.29. The first-order valence-corrected chi connectivity index (χ1v) is 7.12. The summed E-state index contributed by atoms with van der Waals surface area (Å²) in [5.41, 5.74) is 1.53. The summed E-state index contributed by atoms with van der Waals surface area (Å²) < 4.78 is 10.4. The molecule has 116 valence electrons. The second-order valence-corrected chi connectivity index (χ2v) is 4.95. The number of pyridine rings is 1. The van der Waals surface area contributed by atoms with E-state index in [1.54, 1.807) is 26.4 Å². The number of hydrogen-bond donors (Lipinski definition) is 1. The quantitative estimate of drug-likeness (QED) is 0.831. The van der Waals surface area contributed by atoms with Gasteiger partial charge in [0, 0.05) is 12.7 Å². The molecule has 0 saturated heterocycles. The molecule has 2 aromatic rings. The van der Waals surface area contributed by atoms with Crippen molar-refractivity contribution >= 4 is 17.5 Å². The second-order valence-electron chi connectivity index (χ2n) is 4.56. The monoisotopic (exact) mass is 320 g/mol. The summed E-state index contributed by atoms with van der Waals surface area (Å²) >= 11 is 5.69. The fourth-order valence-corrected chi connectivity index (χ4v) is 2.08. The van der Waals surface area contributed by atoms with Crippen LogP contribution in [0.4, 0.5) is 0 Å². The molecule has 2 rings (SSSR count). The van der Waals surface area contributed by atoms with E-state index >= 15 is 0 Å². The first-order valence-electron chi connectivity index (χ1n) is 6.74. The van der Waals surface area contributed by atoms with E-state index < -0.39 is 0 Å². The molecule has 1 aromatic carbocycles. The first-order chi connectivity index (χ1) is 10.6. The van der Waals surface area contributed by atoms with Gasteiger partial charge in [0.1, 0.15) is 5.15 Å². The number of methoxy groups -OCH3 is 2. The summed E-state index contributed by atoms with van der Waals surface area (Å²) in [6.45, 7) is 0.511. The number of amides is 1. The van der Waals surface area contributed by atoms with Gasteiger partial charge in [-0.25, -0.2) is 4.98 Å². The molecule has 0 aliphatic heterocycles. The second kappa shape index (κ2) is 7.66. The van der Waals surface area contributed by atoms with Crippen LogP contribution in [0.15, 0.2) is 36.5 Å². The van der Waals surface area contributed by atoms with Crippen LogP contribution in [-0.2, 0) is 6.42 Å². The van der Waals surface area contributed by atoms with Gasteiger partial charge < -0.3 is 14.8 Å². The SMILES string of the molecule is COc1ccc(CCNC(=O)c2ccc(Cl)nc2)cc1OC. The van der Waals surface area contributed by atoms with Crippen molar-refractivity contribution in [2.24, 2.45) is 0 Å². The van der Waals surface area contributed by atoms with Crippen molar-refractivity contribution in [2.45, 2.75) is 6.42 Å². The van der Waals surface area contributed by atoms with E-state index in [1.165, 1.54) is 6.20 Å². The fraction of sp³-hybridized carbons (Fsp3) is 0.250. The van der Waals surface area contributed by atoms with Crippen LogP contribution in [0.2, 0.25) is 5.15 Å². The third-order valence-electron chi connectivity index (χ3n) is 3.14. The van der Waals surface area contributed by atoms with Crippen LogP contribution in [0.1, 0.15) is 15.9 Å². The highest BCUT2D eigenvalue weighted by Crippen LogP contribution is 2.27. The third-order valence-corrected chi connectivity index (χ3v) is 3.36. The van der Waals surface area contributed by atoms with E-state index in [9.17, 15) is 4.79 Å². The van der Waals surface area contributed by atoms with Gasteiger partial charge in [-0.2, -0.15) is 0 Å². The Hall–Kier alpha value is -2.27. The number of aromatic nitrogens is 1. The van der Waals surface area contributed by atoms with Crippen LogP contribution in [-0.4, -0.2) is 31.7 Å². The van der Waals surface area contributed by atoms with Gasteiger partial charge in [-0.3, -0.25) is 4.79 Å². The summed E-state index contributed by atoms with van der Waals surface area (Å²) in [4.78, 5) is 15.8. The van der Waals surface area contributed by atoms with Gasteiger partial charge in [0.05, 0.1) is 19.8 Å². The van der Waals surface area contributed by atoms with E-state index in [0.29, 0.717) is 35.2 Å². The summed E-state index contributed by atoms with van der Waals surface area (Å²) in [6, 6.07) is 8.91. The molecule has 1 amide bonds. The highest BCUT2D eigenvalue weighted by atomic mass is 35.5. The molecule has 1 N–H and O–H groups in total. The lowest BCUT2D eigenvalue weighted by Gasteiger charge is -2.10. The number of hydrogen-bond acceptors (Lipinski definition) is 4. The van der Waals surface area contributed by atoms with Crippen LogP contribution in [0.25, 0.3) is 0 Å². The van der Waals surface area contributed by atoms with Gasteiger partial charge in [-0.1, -0.05) is 17.7 Å². The summed E-state index contributed by atoms with van der Waals surface area (Å²) in [6.07, 6.45) is 2.14. The molecular weight excluding hydrogens is 304 g/mol. The standard InChI is InChI=1S/C16H17ClN2O3/c1-21-13-5-3-11(9-14(13)22-2)7-8-18-16(20)12-4-6-15(17)19-10-12/h3-6,9-10H,7-8H2,1-2H3,(H,18,20). The van der Waals surface area contributed by atoms with Crippen molar-refractivity contribution in [2.75, 3.05) is 20.8 Å². The van der Waals surface area contributed by atoms with Crippen molar-refractivity contribution in [3.05, 3.63) is 52.8 Å². The van der Waals surface area contributed by atoms with Gasteiger partial charge in [-0.15, -0.1) is 0 Å². The fourth-order valence-electron chi connectivity index (χ4n) is 1.97. The maximum absolute atomic E-state index is 11.9. The van der Waals surface area contributed by atoms with E-state index in [2.05, 4.69) is 10.3 Å². The largest absolute Gasteiger partial charge is 0.493 e. The highest BCUT2D eigenvalue weighted by Gasteiger charge is 2.07. The molecule has 0 saturated carbocycles. The van der Waals surface area contributed by atoms with Crippen LogP contribution in [0.3, 0.4) is 0 Å². The number of carbonyl (C=O) groups is 1. The Bertz CT molecular complexity index is 644. The van der Waals surface area contributed by atoms with E-state index in [0.717, 1.165) is 5.56 Å². The molecule has 0 aliphatic rings. The lowest BCUT2D eigenvalue weighted by molar-refractivity contribution is 0.0954. The minimum atomic E-state index is -0.176. The molecule has 1 aromatic heterocycles. The number of nitrogens with one attached hydrogen (secondary N) is 1. The topological polar surface area (TPSA) is 60.5 Å². The molecule has 0 atom stereocenters. The lowest BCUT2D eigenvalue weighted by atomic mass is 10.1. The van der Waals surface area contributed by atoms with Crippen LogP contribution in [0, 0.1) is 0 Å². The van der Waals surface area contributed by atoms with Crippen LogP contribution < -0.4 is 14.8 Å². The zero-order valence-electron chi connectivity index (χ0n) is 12.4. The molecule has 0 spiro atoms. The molecular formula is C16H17ClN2O3. The average Bonchev–Trinajstić information content (AvgIpc) is 2.55. The molecule has 22 heavy (non-hydrogen) atoms. The number of halogens is 1. The molecule has 0 radical (unpaired) electrons. The van der Waals surface area contributed by atoms with E-state index in [1.807, 2.05) is 18.2 Å². The molecule has 0 unspecified atom stereocenters. The number of nitrogens with zero attached hydrogens (tertiary/aromatic N) is 1. The van der Waals surface area contributed by atoms with Crippen molar-refractivity contribution in [1.82, 2.24) is 10.3 Å². The first kappa shape index (κ1) is 16.1. The van der Waals surface area contributed by atoms with Crippen molar-refractivity contribution < 1.29 is 14.3 Å². The van der Waals surface area contributed by atoms with Crippen molar-refractivity contribution in [3.8, 4) is 11.5 Å². The zero-order valence-corrected chi connectivity index (χ0v) is 13.2. The number of carbonyl (C=O) groups excluding carboxylic acids is 1. The molecule has 1 heterocycles. The van der Waals surface area contributed by atoms with Crippen LogP contribution in [0.5, 0.6) is 11.5 Å². The average molecular weight is 321 g/mol. The summed E-state index contributed by atoms with van der Waals surface area (Å²) in [7, 11) is 3.19. The summed E-state index contributed by atoms with van der Waals surface area (Å²) in [5.74, 6) is 1.18. The number of benzene rings is 1. The van der Waals surface area contributed by atoms with Gasteiger partial charge in [0.15, 0.2) is 11.5 Å².